The molecule has 0 aliphatic heterocycles. The van der Waals surface area contributed by atoms with Crippen LogP contribution >= 0.6 is 0 Å². The molecule has 0 amide bonds. The zero-order valence-electron chi connectivity index (χ0n) is 18.3. The summed E-state index contributed by atoms with van der Waals surface area (Å²) in [6.07, 6.45) is 0. The lowest BCUT2D eigenvalue weighted by atomic mass is 10.0. The summed E-state index contributed by atoms with van der Waals surface area (Å²) in [7, 11) is 0. The predicted octanol–water partition coefficient (Wildman–Crippen LogP) is 5.83. The van der Waals surface area contributed by atoms with Crippen LogP contribution in [0.4, 0.5) is 0 Å². The first-order valence-corrected chi connectivity index (χ1v) is 10.5. The van der Waals surface area contributed by atoms with Gasteiger partial charge in [0.25, 0.3) is 0 Å². The van der Waals surface area contributed by atoms with Gasteiger partial charge in [0.2, 0.25) is 11.2 Å². The topological polar surface area (TPSA) is 65.7 Å². The van der Waals surface area contributed by atoms with Gasteiger partial charge in [0, 0.05) is 5.56 Å². The van der Waals surface area contributed by atoms with Crippen LogP contribution in [0.3, 0.4) is 0 Å². The van der Waals surface area contributed by atoms with Gasteiger partial charge in [-0.05, 0) is 61.7 Å². The predicted molar refractivity (Wildman–Crippen MR) is 124 cm³/mol. The molecule has 0 aliphatic carbocycles. The fraction of sp³-hybridized carbons (Fsp3) is 0.185. The lowest BCUT2D eigenvalue weighted by Gasteiger charge is -2.13. The number of hydrogen-bond donors (Lipinski definition) is 0. The molecule has 0 spiro atoms. The van der Waals surface area contributed by atoms with E-state index in [0.717, 1.165) is 22.3 Å². The van der Waals surface area contributed by atoms with Gasteiger partial charge in [-0.3, -0.25) is 4.79 Å². The van der Waals surface area contributed by atoms with Crippen molar-refractivity contribution in [1.29, 1.82) is 0 Å². The molecule has 4 aromatic rings. The zero-order chi connectivity index (χ0) is 22.7. The van der Waals surface area contributed by atoms with E-state index in [9.17, 15) is 9.59 Å². The van der Waals surface area contributed by atoms with Crippen LogP contribution in [-0.2, 0) is 11.3 Å². The van der Waals surface area contributed by atoms with Crippen molar-refractivity contribution in [2.75, 3.05) is 6.61 Å². The van der Waals surface area contributed by atoms with E-state index in [1.54, 1.807) is 31.2 Å². The number of aryl methyl sites for hydroxylation is 2. The molecule has 162 valence electrons. The number of rotatable bonds is 6. The molecule has 0 saturated heterocycles. The highest BCUT2D eigenvalue weighted by atomic mass is 16.5. The Morgan fingerprint density at radius 3 is 2.31 bits per heavy atom. The Morgan fingerprint density at radius 1 is 0.938 bits per heavy atom. The largest absolute Gasteiger partial charge is 0.481 e. The molecule has 0 atom stereocenters. The fourth-order valence-electron chi connectivity index (χ4n) is 3.45. The average Bonchev–Trinajstić information content (AvgIpc) is 2.81. The van der Waals surface area contributed by atoms with Crippen LogP contribution in [0.1, 0.15) is 34.0 Å². The minimum atomic E-state index is -0.368. The first-order valence-electron chi connectivity index (χ1n) is 10.5. The van der Waals surface area contributed by atoms with Gasteiger partial charge in [0.1, 0.15) is 12.2 Å². The lowest BCUT2D eigenvalue weighted by molar-refractivity contribution is 0.0526. The van der Waals surface area contributed by atoms with Gasteiger partial charge in [-0.25, -0.2) is 4.79 Å². The molecule has 0 N–H and O–H groups in total. The molecule has 4 rings (SSSR count). The summed E-state index contributed by atoms with van der Waals surface area (Å²) in [5.74, 6) is 0.197. The van der Waals surface area contributed by atoms with Crippen LogP contribution in [-0.4, -0.2) is 12.6 Å². The second-order valence-electron chi connectivity index (χ2n) is 7.59. The molecule has 0 saturated carbocycles. The third-order valence-electron chi connectivity index (χ3n) is 5.35. The van der Waals surface area contributed by atoms with Gasteiger partial charge in [0.05, 0.1) is 17.6 Å². The minimum Gasteiger partial charge on any atom is -0.481 e. The second-order valence-corrected chi connectivity index (χ2v) is 7.59. The Labute approximate surface area is 186 Å². The first-order chi connectivity index (χ1) is 15.5. The van der Waals surface area contributed by atoms with E-state index >= 15 is 0 Å². The molecule has 5 nitrogen and oxygen atoms in total. The SMILES string of the molecule is CCOC(=O)c1ccc(COc2c(-c3ccccc3)oc3cc(C)c(C)cc3c2=O)cc1. The van der Waals surface area contributed by atoms with Gasteiger partial charge in [-0.1, -0.05) is 42.5 Å². The molecular formula is C27H24O5. The average molecular weight is 428 g/mol. The minimum absolute atomic E-state index is 0.157. The molecule has 5 heteroatoms. The Morgan fingerprint density at radius 2 is 1.62 bits per heavy atom. The number of esters is 1. The van der Waals surface area contributed by atoms with Crippen molar-refractivity contribution < 1.29 is 18.7 Å². The van der Waals surface area contributed by atoms with Crippen molar-refractivity contribution in [1.82, 2.24) is 0 Å². The molecule has 0 aliphatic rings. The van der Waals surface area contributed by atoms with Crippen LogP contribution in [0, 0.1) is 13.8 Å². The van der Waals surface area contributed by atoms with Crippen LogP contribution in [0.2, 0.25) is 0 Å². The Kier molecular flexibility index (Phi) is 6.08. The highest BCUT2D eigenvalue weighted by Crippen LogP contribution is 2.32. The van der Waals surface area contributed by atoms with Crippen molar-refractivity contribution in [2.24, 2.45) is 0 Å². The Balaban J connectivity index is 1.72. The molecule has 1 heterocycles. The summed E-state index contributed by atoms with van der Waals surface area (Å²) in [5, 5.41) is 0.487. The summed E-state index contributed by atoms with van der Waals surface area (Å²) in [4.78, 5) is 25.2. The van der Waals surface area contributed by atoms with Crippen molar-refractivity contribution in [2.45, 2.75) is 27.4 Å². The molecule has 0 fully saturated rings. The molecule has 0 radical (unpaired) electrons. The van der Waals surface area contributed by atoms with Crippen LogP contribution < -0.4 is 10.2 Å². The Hall–Kier alpha value is -3.86. The normalized spacial score (nSPS) is 10.8. The first kappa shape index (κ1) is 21.4. The van der Waals surface area contributed by atoms with Crippen LogP contribution in [0.5, 0.6) is 5.75 Å². The Bertz CT molecular complexity index is 1320. The smallest absolute Gasteiger partial charge is 0.338 e. The number of carbonyl (C=O) groups is 1. The second kappa shape index (κ2) is 9.10. The van der Waals surface area contributed by atoms with Gasteiger partial charge >= 0.3 is 5.97 Å². The lowest BCUT2D eigenvalue weighted by Crippen LogP contribution is -2.11. The van der Waals surface area contributed by atoms with E-state index in [4.69, 9.17) is 13.9 Å². The van der Waals surface area contributed by atoms with E-state index in [-0.39, 0.29) is 23.8 Å². The summed E-state index contributed by atoms with van der Waals surface area (Å²) >= 11 is 0. The van der Waals surface area contributed by atoms with Crippen molar-refractivity contribution in [3.05, 3.63) is 99.2 Å². The molecule has 1 aromatic heterocycles. The summed E-state index contributed by atoms with van der Waals surface area (Å²) < 4.78 is 17.2. The third kappa shape index (κ3) is 4.28. The maximum Gasteiger partial charge on any atom is 0.338 e. The number of ether oxygens (including phenoxy) is 2. The monoisotopic (exact) mass is 428 g/mol. The van der Waals surface area contributed by atoms with Gasteiger partial charge < -0.3 is 13.9 Å². The van der Waals surface area contributed by atoms with E-state index in [1.165, 1.54) is 0 Å². The van der Waals surface area contributed by atoms with Crippen molar-refractivity contribution in [3.63, 3.8) is 0 Å². The summed E-state index contributed by atoms with van der Waals surface area (Å²) in [5.41, 5.74) is 4.43. The van der Waals surface area contributed by atoms with Gasteiger partial charge in [-0.15, -0.1) is 0 Å². The number of fused-ring (bicyclic) bond motifs is 1. The standard InChI is InChI=1S/C27H24O5/c1-4-30-27(29)21-12-10-19(11-13-21)16-31-26-24(28)22-14-17(2)18(3)15-23(22)32-25(26)20-8-6-5-7-9-20/h5-15H,4,16H2,1-3H3. The van der Waals surface area contributed by atoms with Crippen molar-refractivity contribution >= 4 is 16.9 Å². The summed E-state index contributed by atoms with van der Waals surface area (Å²) in [6, 6.07) is 20.1. The number of carbonyl (C=O) groups excluding carboxylic acids is 1. The maximum atomic E-state index is 13.4. The van der Waals surface area contributed by atoms with Gasteiger partial charge in [0.15, 0.2) is 5.76 Å². The highest BCUT2D eigenvalue weighted by Gasteiger charge is 2.18. The van der Waals surface area contributed by atoms with E-state index < -0.39 is 0 Å². The quantitative estimate of drug-likeness (QED) is 0.361. The van der Waals surface area contributed by atoms with Crippen LogP contribution in [0.25, 0.3) is 22.3 Å². The maximum absolute atomic E-state index is 13.4. The third-order valence-corrected chi connectivity index (χ3v) is 5.35. The zero-order valence-corrected chi connectivity index (χ0v) is 18.3. The summed E-state index contributed by atoms with van der Waals surface area (Å²) in [6.45, 7) is 6.20. The number of hydrogen-bond acceptors (Lipinski definition) is 5. The molecule has 3 aromatic carbocycles. The van der Waals surface area contributed by atoms with E-state index in [0.29, 0.717) is 28.9 Å². The molecule has 0 bridgehead atoms. The van der Waals surface area contributed by atoms with E-state index in [2.05, 4.69) is 0 Å². The molecule has 0 unspecified atom stereocenters. The van der Waals surface area contributed by atoms with Crippen LogP contribution in [0.15, 0.2) is 75.9 Å². The molecule has 32 heavy (non-hydrogen) atoms. The highest BCUT2D eigenvalue weighted by molar-refractivity contribution is 5.89. The van der Waals surface area contributed by atoms with Crippen molar-refractivity contribution in [3.8, 4) is 17.1 Å². The number of benzene rings is 3. The molecular weight excluding hydrogens is 404 g/mol. The van der Waals surface area contributed by atoms with Gasteiger partial charge in [-0.2, -0.15) is 0 Å². The fourth-order valence-corrected chi connectivity index (χ4v) is 3.45. The van der Waals surface area contributed by atoms with E-state index in [1.807, 2.05) is 56.3 Å².